The molecular formula is C20H16N4O3S. The third-order valence-corrected chi connectivity index (χ3v) is 5.88. The number of aromatic nitrogens is 3. The number of carbonyl (C=O) groups is 1. The smallest absolute Gasteiger partial charge is 0.256 e. The van der Waals surface area contributed by atoms with Gasteiger partial charge in [0.25, 0.3) is 5.91 Å². The standard InChI is InChI=1S/C20H16N4O3S/c25-20(23-19-9-11-21-18-10-12-22-24(18)19)16-6-4-5-15(13-16)14-28(26,27)17-7-2-1-3-8-17/h1-13H,14H2,(H,23,25). The first-order chi connectivity index (χ1) is 13.5. The molecule has 0 aliphatic carbocycles. The molecule has 140 valence electrons. The summed E-state index contributed by atoms with van der Waals surface area (Å²) >= 11 is 0. The van der Waals surface area contributed by atoms with Crippen LogP contribution in [0.5, 0.6) is 0 Å². The molecule has 2 aromatic carbocycles. The first kappa shape index (κ1) is 17.9. The van der Waals surface area contributed by atoms with Gasteiger partial charge >= 0.3 is 0 Å². The van der Waals surface area contributed by atoms with Crippen molar-refractivity contribution in [3.05, 3.63) is 90.3 Å². The van der Waals surface area contributed by atoms with Gasteiger partial charge in [0.05, 0.1) is 16.8 Å². The molecule has 0 saturated heterocycles. The molecule has 28 heavy (non-hydrogen) atoms. The Kier molecular flexibility index (Phi) is 4.62. The molecule has 0 atom stereocenters. The SMILES string of the molecule is O=C(Nc1ccnc2ccnn12)c1cccc(CS(=O)(=O)c2ccccc2)c1. The minimum Gasteiger partial charge on any atom is -0.306 e. The summed E-state index contributed by atoms with van der Waals surface area (Å²) in [7, 11) is -3.49. The highest BCUT2D eigenvalue weighted by atomic mass is 32.2. The van der Waals surface area contributed by atoms with Crippen LogP contribution in [0.4, 0.5) is 5.82 Å². The number of fused-ring (bicyclic) bond motifs is 1. The van der Waals surface area contributed by atoms with Crippen molar-refractivity contribution in [2.75, 3.05) is 5.32 Å². The minimum absolute atomic E-state index is 0.184. The highest BCUT2D eigenvalue weighted by Gasteiger charge is 2.16. The van der Waals surface area contributed by atoms with Crippen molar-refractivity contribution in [3.8, 4) is 0 Å². The van der Waals surface area contributed by atoms with Crippen LogP contribution in [0.2, 0.25) is 0 Å². The van der Waals surface area contributed by atoms with Gasteiger partial charge in [-0.1, -0.05) is 30.3 Å². The third kappa shape index (κ3) is 3.63. The molecule has 0 fully saturated rings. The predicted octanol–water partition coefficient (Wildman–Crippen LogP) is 2.96. The first-order valence-corrected chi connectivity index (χ1v) is 10.1. The molecule has 7 nitrogen and oxygen atoms in total. The zero-order valence-corrected chi connectivity index (χ0v) is 15.5. The van der Waals surface area contributed by atoms with Crippen LogP contribution in [0, 0.1) is 0 Å². The number of hydrogen-bond acceptors (Lipinski definition) is 5. The largest absolute Gasteiger partial charge is 0.306 e. The van der Waals surface area contributed by atoms with Crippen molar-refractivity contribution < 1.29 is 13.2 Å². The predicted molar refractivity (Wildman–Crippen MR) is 105 cm³/mol. The Balaban J connectivity index is 1.57. The van der Waals surface area contributed by atoms with E-state index >= 15 is 0 Å². The molecule has 1 N–H and O–H groups in total. The van der Waals surface area contributed by atoms with Crippen molar-refractivity contribution in [2.45, 2.75) is 10.6 Å². The van der Waals surface area contributed by atoms with Crippen molar-refractivity contribution in [3.63, 3.8) is 0 Å². The Morgan fingerprint density at radius 2 is 1.79 bits per heavy atom. The lowest BCUT2D eigenvalue weighted by molar-refractivity contribution is 0.102. The van der Waals surface area contributed by atoms with Crippen LogP contribution in [0.1, 0.15) is 15.9 Å². The molecule has 0 spiro atoms. The van der Waals surface area contributed by atoms with Gasteiger partial charge in [0.1, 0.15) is 5.82 Å². The first-order valence-electron chi connectivity index (χ1n) is 8.50. The van der Waals surface area contributed by atoms with Gasteiger partial charge in [0.15, 0.2) is 15.5 Å². The number of sulfone groups is 1. The van der Waals surface area contributed by atoms with Crippen molar-refractivity contribution >= 4 is 27.2 Å². The average Bonchev–Trinajstić information content (AvgIpc) is 3.18. The fourth-order valence-corrected chi connectivity index (χ4v) is 4.21. The number of nitrogens with zero attached hydrogens (tertiary/aromatic N) is 3. The zero-order valence-electron chi connectivity index (χ0n) is 14.7. The van der Waals surface area contributed by atoms with Crippen molar-refractivity contribution in [1.29, 1.82) is 0 Å². The number of benzene rings is 2. The second-order valence-electron chi connectivity index (χ2n) is 6.16. The molecule has 0 radical (unpaired) electrons. The molecular weight excluding hydrogens is 376 g/mol. The minimum atomic E-state index is -3.49. The quantitative estimate of drug-likeness (QED) is 0.564. The Morgan fingerprint density at radius 3 is 2.61 bits per heavy atom. The Morgan fingerprint density at radius 1 is 0.964 bits per heavy atom. The van der Waals surface area contributed by atoms with Crippen LogP contribution in [-0.4, -0.2) is 28.9 Å². The fraction of sp³-hybridized carbons (Fsp3) is 0.0500. The summed E-state index contributed by atoms with van der Waals surface area (Å²) in [6, 6.07) is 18.2. The van der Waals surface area contributed by atoms with Gasteiger partial charge in [-0.05, 0) is 35.9 Å². The van der Waals surface area contributed by atoms with Crippen LogP contribution >= 0.6 is 0 Å². The van der Waals surface area contributed by atoms with Crippen LogP contribution < -0.4 is 5.32 Å². The number of hydrogen-bond donors (Lipinski definition) is 1. The van der Waals surface area contributed by atoms with E-state index in [1.54, 1.807) is 79.1 Å². The maximum absolute atomic E-state index is 12.6. The van der Waals surface area contributed by atoms with Crippen LogP contribution in [0.15, 0.2) is 84.0 Å². The van der Waals surface area contributed by atoms with Crippen molar-refractivity contribution in [1.82, 2.24) is 14.6 Å². The van der Waals surface area contributed by atoms with E-state index in [9.17, 15) is 13.2 Å². The maximum Gasteiger partial charge on any atom is 0.256 e. The van der Waals surface area contributed by atoms with Gasteiger partial charge in [0.2, 0.25) is 0 Å². The molecule has 0 aliphatic heterocycles. The second-order valence-corrected chi connectivity index (χ2v) is 8.15. The van der Waals surface area contributed by atoms with E-state index in [1.165, 1.54) is 4.52 Å². The second kappa shape index (κ2) is 7.24. The van der Waals surface area contributed by atoms with Gasteiger partial charge in [-0.25, -0.2) is 13.4 Å². The summed E-state index contributed by atoms with van der Waals surface area (Å²) in [5, 5.41) is 6.91. The molecule has 0 unspecified atom stereocenters. The van der Waals surface area contributed by atoms with Crippen LogP contribution in [-0.2, 0) is 15.6 Å². The topological polar surface area (TPSA) is 93.4 Å². The lowest BCUT2D eigenvalue weighted by Gasteiger charge is -2.09. The monoisotopic (exact) mass is 392 g/mol. The summed E-state index contributed by atoms with van der Waals surface area (Å²) in [5.41, 5.74) is 1.51. The van der Waals surface area contributed by atoms with Crippen molar-refractivity contribution in [2.24, 2.45) is 0 Å². The van der Waals surface area contributed by atoms with E-state index in [0.717, 1.165) is 0 Å². The van der Waals surface area contributed by atoms with Crippen LogP contribution in [0.25, 0.3) is 5.65 Å². The fourth-order valence-electron chi connectivity index (χ4n) is 2.85. The highest BCUT2D eigenvalue weighted by Crippen LogP contribution is 2.18. The van der Waals surface area contributed by atoms with E-state index in [2.05, 4.69) is 15.4 Å². The third-order valence-electron chi connectivity index (χ3n) is 4.18. The average molecular weight is 392 g/mol. The molecule has 0 aliphatic rings. The number of nitrogens with one attached hydrogen (secondary N) is 1. The molecule has 0 saturated carbocycles. The van der Waals surface area contributed by atoms with Gasteiger partial charge in [0, 0.05) is 17.8 Å². The van der Waals surface area contributed by atoms with Gasteiger partial charge < -0.3 is 5.32 Å². The molecule has 2 heterocycles. The zero-order chi connectivity index (χ0) is 19.6. The maximum atomic E-state index is 12.6. The van der Waals surface area contributed by atoms with E-state index in [-0.39, 0.29) is 16.6 Å². The van der Waals surface area contributed by atoms with E-state index in [0.29, 0.717) is 22.6 Å². The summed E-state index contributed by atoms with van der Waals surface area (Å²) in [5.74, 6) is -0.0687. The lowest BCUT2D eigenvalue weighted by Crippen LogP contribution is -2.15. The van der Waals surface area contributed by atoms with Gasteiger partial charge in [-0.15, -0.1) is 0 Å². The molecule has 0 bridgehead atoms. The van der Waals surface area contributed by atoms with Gasteiger partial charge in [-0.2, -0.15) is 9.61 Å². The van der Waals surface area contributed by atoms with E-state index < -0.39 is 9.84 Å². The Bertz CT molecular complexity index is 1250. The summed E-state index contributed by atoms with van der Waals surface area (Å²) in [4.78, 5) is 17.0. The van der Waals surface area contributed by atoms with E-state index in [1.807, 2.05) is 0 Å². The van der Waals surface area contributed by atoms with Crippen LogP contribution in [0.3, 0.4) is 0 Å². The molecule has 2 aromatic heterocycles. The summed E-state index contributed by atoms with van der Waals surface area (Å²) in [6.07, 6.45) is 3.17. The number of carbonyl (C=O) groups excluding carboxylic acids is 1. The van der Waals surface area contributed by atoms with E-state index in [4.69, 9.17) is 0 Å². The number of anilines is 1. The molecule has 1 amide bonds. The summed E-state index contributed by atoms with van der Waals surface area (Å²) < 4.78 is 26.7. The normalized spacial score (nSPS) is 11.4. The number of rotatable bonds is 5. The molecule has 4 rings (SSSR count). The Hall–Kier alpha value is -3.52. The Labute approximate surface area is 161 Å². The summed E-state index contributed by atoms with van der Waals surface area (Å²) in [6.45, 7) is 0. The molecule has 8 heteroatoms. The van der Waals surface area contributed by atoms with Gasteiger partial charge in [-0.3, -0.25) is 4.79 Å². The lowest BCUT2D eigenvalue weighted by atomic mass is 10.1. The molecule has 4 aromatic rings. The highest BCUT2D eigenvalue weighted by molar-refractivity contribution is 7.90. The number of amides is 1.